The maximum Gasteiger partial charge on any atom is 0.0990 e. The van der Waals surface area contributed by atoms with Crippen molar-refractivity contribution in [2.75, 3.05) is 0 Å². The Labute approximate surface area is 131 Å². The van der Waals surface area contributed by atoms with Crippen LogP contribution < -0.4 is 5.73 Å². The van der Waals surface area contributed by atoms with E-state index in [1.807, 2.05) is 6.07 Å². The van der Waals surface area contributed by atoms with Crippen molar-refractivity contribution in [1.29, 1.82) is 0 Å². The first kappa shape index (κ1) is 16.0. The number of ether oxygens (including phenoxy) is 1. The smallest absolute Gasteiger partial charge is 0.0990 e. The summed E-state index contributed by atoms with van der Waals surface area (Å²) in [5.41, 5.74) is 7.51. The van der Waals surface area contributed by atoms with Crippen LogP contribution in [0, 0.1) is 0 Å². The van der Waals surface area contributed by atoms with Gasteiger partial charge in [-0.25, -0.2) is 0 Å². The minimum Gasteiger partial charge on any atom is -0.369 e. The standard InChI is InChI=1S/C17H26BrNO/c1-2-16(19)17(14-11-7-8-12-15(14)18)20-13-9-5-3-4-6-10-13/h7-8,11-13,16-17H,2-6,9-10,19H2,1H3. The van der Waals surface area contributed by atoms with Gasteiger partial charge in [-0.3, -0.25) is 0 Å². The Morgan fingerprint density at radius 1 is 1.20 bits per heavy atom. The maximum atomic E-state index is 6.44. The fourth-order valence-corrected chi connectivity index (χ4v) is 3.42. The zero-order valence-electron chi connectivity index (χ0n) is 12.4. The summed E-state index contributed by atoms with van der Waals surface area (Å²) in [5, 5.41) is 0. The van der Waals surface area contributed by atoms with E-state index in [-0.39, 0.29) is 12.1 Å². The van der Waals surface area contributed by atoms with Crippen LogP contribution in [-0.2, 0) is 4.74 Å². The molecule has 1 aliphatic carbocycles. The summed E-state index contributed by atoms with van der Waals surface area (Å²) in [5.74, 6) is 0. The molecule has 0 heterocycles. The average molecular weight is 340 g/mol. The number of rotatable bonds is 5. The van der Waals surface area contributed by atoms with E-state index in [4.69, 9.17) is 10.5 Å². The second-order valence-electron chi connectivity index (χ2n) is 5.76. The third-order valence-electron chi connectivity index (χ3n) is 4.21. The molecule has 0 radical (unpaired) electrons. The lowest BCUT2D eigenvalue weighted by atomic mass is 10.00. The van der Waals surface area contributed by atoms with Gasteiger partial charge in [0.2, 0.25) is 0 Å². The molecule has 2 N–H and O–H groups in total. The van der Waals surface area contributed by atoms with Gasteiger partial charge in [-0.2, -0.15) is 0 Å². The second-order valence-corrected chi connectivity index (χ2v) is 6.62. The van der Waals surface area contributed by atoms with Crippen molar-refractivity contribution >= 4 is 15.9 Å². The van der Waals surface area contributed by atoms with Gasteiger partial charge in [0, 0.05) is 10.5 Å². The summed E-state index contributed by atoms with van der Waals surface area (Å²) in [7, 11) is 0. The molecule has 3 heteroatoms. The van der Waals surface area contributed by atoms with Crippen molar-refractivity contribution < 1.29 is 4.74 Å². The summed E-state index contributed by atoms with van der Waals surface area (Å²) >= 11 is 3.64. The maximum absolute atomic E-state index is 6.44. The Hall–Kier alpha value is -0.380. The molecule has 0 aliphatic heterocycles. The lowest BCUT2D eigenvalue weighted by Gasteiger charge is -2.29. The molecule has 1 aromatic carbocycles. The lowest BCUT2D eigenvalue weighted by Crippen LogP contribution is -2.32. The Balaban J connectivity index is 2.13. The average Bonchev–Trinajstić information content (AvgIpc) is 2.73. The molecule has 2 nitrogen and oxygen atoms in total. The largest absolute Gasteiger partial charge is 0.369 e. The van der Waals surface area contributed by atoms with Gasteiger partial charge in [0.1, 0.15) is 0 Å². The molecule has 0 amide bonds. The fraction of sp³-hybridized carbons (Fsp3) is 0.647. The van der Waals surface area contributed by atoms with E-state index < -0.39 is 0 Å². The zero-order valence-corrected chi connectivity index (χ0v) is 13.9. The number of hydrogen-bond donors (Lipinski definition) is 1. The van der Waals surface area contributed by atoms with E-state index in [0.29, 0.717) is 6.10 Å². The zero-order chi connectivity index (χ0) is 14.4. The predicted octanol–water partition coefficient (Wildman–Crippen LogP) is 4.97. The summed E-state index contributed by atoms with van der Waals surface area (Å²) in [4.78, 5) is 0. The number of hydrogen-bond acceptors (Lipinski definition) is 2. The van der Waals surface area contributed by atoms with Crippen molar-refractivity contribution in [2.24, 2.45) is 5.73 Å². The van der Waals surface area contributed by atoms with E-state index in [2.05, 4.69) is 41.1 Å². The summed E-state index contributed by atoms with van der Waals surface area (Å²) in [6.07, 6.45) is 8.92. The molecule has 2 rings (SSSR count). The van der Waals surface area contributed by atoms with Crippen LogP contribution in [0.5, 0.6) is 0 Å². The third kappa shape index (κ3) is 4.31. The summed E-state index contributed by atoms with van der Waals surface area (Å²) < 4.78 is 7.54. The highest BCUT2D eigenvalue weighted by Crippen LogP contribution is 2.32. The third-order valence-corrected chi connectivity index (χ3v) is 4.94. The van der Waals surface area contributed by atoms with E-state index in [9.17, 15) is 0 Å². The van der Waals surface area contributed by atoms with Crippen molar-refractivity contribution in [1.82, 2.24) is 0 Å². The van der Waals surface area contributed by atoms with Crippen LogP contribution in [-0.4, -0.2) is 12.1 Å². The van der Waals surface area contributed by atoms with Gasteiger partial charge >= 0.3 is 0 Å². The van der Waals surface area contributed by atoms with Crippen molar-refractivity contribution in [3.05, 3.63) is 34.3 Å². The number of nitrogens with two attached hydrogens (primary N) is 1. The first-order valence-electron chi connectivity index (χ1n) is 7.87. The van der Waals surface area contributed by atoms with Crippen molar-refractivity contribution in [3.8, 4) is 0 Å². The monoisotopic (exact) mass is 339 g/mol. The Morgan fingerprint density at radius 3 is 2.45 bits per heavy atom. The molecule has 0 saturated heterocycles. The van der Waals surface area contributed by atoms with E-state index in [0.717, 1.165) is 10.9 Å². The molecule has 1 fully saturated rings. The molecule has 1 aromatic rings. The van der Waals surface area contributed by atoms with Crippen LogP contribution in [0.15, 0.2) is 28.7 Å². The van der Waals surface area contributed by atoms with Crippen LogP contribution >= 0.6 is 15.9 Å². The molecule has 2 unspecified atom stereocenters. The first-order valence-corrected chi connectivity index (χ1v) is 8.67. The molecule has 112 valence electrons. The van der Waals surface area contributed by atoms with Gasteiger partial charge in [-0.1, -0.05) is 66.7 Å². The highest BCUT2D eigenvalue weighted by Gasteiger charge is 2.25. The molecule has 0 bridgehead atoms. The van der Waals surface area contributed by atoms with E-state index >= 15 is 0 Å². The van der Waals surface area contributed by atoms with Gasteiger partial charge in [0.15, 0.2) is 0 Å². The first-order chi connectivity index (χ1) is 9.72. The minimum absolute atomic E-state index is 0.00123. The van der Waals surface area contributed by atoms with Crippen LogP contribution in [0.2, 0.25) is 0 Å². The van der Waals surface area contributed by atoms with E-state index in [1.54, 1.807) is 0 Å². The van der Waals surface area contributed by atoms with Crippen LogP contribution in [0.4, 0.5) is 0 Å². The molecule has 1 saturated carbocycles. The quantitative estimate of drug-likeness (QED) is 0.769. The SMILES string of the molecule is CCC(N)C(OC1CCCCCC1)c1ccccc1Br. The van der Waals surface area contributed by atoms with Crippen LogP contribution in [0.3, 0.4) is 0 Å². The lowest BCUT2D eigenvalue weighted by molar-refractivity contribution is -0.0345. The summed E-state index contributed by atoms with van der Waals surface area (Å²) in [6, 6.07) is 8.35. The van der Waals surface area contributed by atoms with Gasteiger partial charge in [-0.05, 0) is 30.9 Å². The van der Waals surface area contributed by atoms with Gasteiger partial charge in [-0.15, -0.1) is 0 Å². The molecule has 0 aromatic heterocycles. The molecular formula is C17H26BrNO. The van der Waals surface area contributed by atoms with Crippen LogP contribution in [0.25, 0.3) is 0 Å². The summed E-state index contributed by atoms with van der Waals surface area (Å²) in [6.45, 7) is 2.13. The Kier molecular flexibility index (Phi) is 6.53. The Bertz CT molecular complexity index is 402. The van der Waals surface area contributed by atoms with Gasteiger partial charge in [0.25, 0.3) is 0 Å². The second kappa shape index (κ2) is 8.16. The Morgan fingerprint density at radius 2 is 1.85 bits per heavy atom. The molecule has 1 aliphatic rings. The molecule has 20 heavy (non-hydrogen) atoms. The number of benzene rings is 1. The van der Waals surface area contributed by atoms with Crippen molar-refractivity contribution in [2.45, 2.75) is 70.1 Å². The highest BCUT2D eigenvalue weighted by molar-refractivity contribution is 9.10. The van der Waals surface area contributed by atoms with Gasteiger partial charge in [0.05, 0.1) is 12.2 Å². The van der Waals surface area contributed by atoms with Crippen LogP contribution in [0.1, 0.15) is 63.5 Å². The highest BCUT2D eigenvalue weighted by atomic mass is 79.9. The minimum atomic E-state index is -0.00123. The van der Waals surface area contributed by atoms with E-state index in [1.165, 1.54) is 44.1 Å². The molecule has 2 atom stereocenters. The fourth-order valence-electron chi connectivity index (χ4n) is 2.91. The van der Waals surface area contributed by atoms with Crippen molar-refractivity contribution in [3.63, 3.8) is 0 Å². The molecule has 0 spiro atoms. The predicted molar refractivity (Wildman–Crippen MR) is 87.7 cm³/mol. The normalized spacial score (nSPS) is 20.4. The van der Waals surface area contributed by atoms with Gasteiger partial charge < -0.3 is 10.5 Å². The molecular weight excluding hydrogens is 314 g/mol. The topological polar surface area (TPSA) is 35.2 Å². The number of halogens is 1.